The topological polar surface area (TPSA) is 67.9 Å². The maximum Gasteiger partial charge on any atom is 0.227 e. The fraction of sp³-hybridized carbons (Fsp3) is 0.357. The van der Waals surface area contributed by atoms with Gasteiger partial charge in [-0.1, -0.05) is 0 Å². The van der Waals surface area contributed by atoms with Crippen molar-refractivity contribution in [3.8, 4) is 0 Å². The monoisotopic (exact) mass is 257 g/mol. The molecule has 100 valence electrons. The summed E-state index contributed by atoms with van der Waals surface area (Å²) >= 11 is 0. The van der Waals surface area contributed by atoms with Gasteiger partial charge in [0.05, 0.1) is 12.2 Å². The largest absolute Gasteiger partial charge is 0.383 e. The lowest BCUT2D eigenvalue weighted by atomic mass is 10.2. The van der Waals surface area contributed by atoms with Crippen LogP contribution in [0.2, 0.25) is 0 Å². The maximum atomic E-state index is 5.81. The minimum atomic E-state index is 0.519. The Morgan fingerprint density at radius 3 is 2.53 bits per heavy atom. The van der Waals surface area contributed by atoms with E-state index in [1.165, 1.54) is 5.56 Å². The molecule has 2 aromatic heterocycles. The average molecular weight is 257 g/mol. The van der Waals surface area contributed by atoms with Crippen LogP contribution in [0.1, 0.15) is 22.5 Å². The van der Waals surface area contributed by atoms with Crippen LogP contribution in [0.25, 0.3) is 0 Å². The molecule has 0 saturated carbocycles. The summed E-state index contributed by atoms with van der Waals surface area (Å²) in [6.07, 6.45) is 1.74. The zero-order valence-corrected chi connectivity index (χ0v) is 11.8. The van der Waals surface area contributed by atoms with Crippen LogP contribution in [-0.4, -0.2) is 22.0 Å². The summed E-state index contributed by atoms with van der Waals surface area (Å²) < 4.78 is 0. The van der Waals surface area contributed by atoms with E-state index in [4.69, 9.17) is 5.73 Å². The Kier molecular flexibility index (Phi) is 3.64. The standard InChI is InChI=1S/C14H19N5/c1-9-5-11(3)17-12(6-9)8-19(4)14-16-7-10(2)13(15)18-14/h5-7H,8H2,1-4H3,(H2,15,16,18). The molecule has 5 heteroatoms. The van der Waals surface area contributed by atoms with Gasteiger partial charge in [-0.2, -0.15) is 4.98 Å². The van der Waals surface area contributed by atoms with Gasteiger partial charge in [-0.25, -0.2) is 4.98 Å². The molecule has 2 aromatic rings. The third-order valence-electron chi connectivity index (χ3n) is 2.89. The van der Waals surface area contributed by atoms with Crippen molar-refractivity contribution in [3.63, 3.8) is 0 Å². The highest BCUT2D eigenvalue weighted by Crippen LogP contribution is 2.14. The summed E-state index contributed by atoms with van der Waals surface area (Å²) in [7, 11) is 1.93. The highest BCUT2D eigenvalue weighted by Gasteiger charge is 2.08. The highest BCUT2D eigenvalue weighted by molar-refractivity contribution is 5.43. The first-order chi connectivity index (χ1) is 8.95. The van der Waals surface area contributed by atoms with E-state index >= 15 is 0 Å². The number of rotatable bonds is 3. The van der Waals surface area contributed by atoms with Crippen LogP contribution in [0.5, 0.6) is 0 Å². The number of hydrogen-bond acceptors (Lipinski definition) is 5. The molecule has 0 atom stereocenters. The highest BCUT2D eigenvalue weighted by atomic mass is 15.2. The van der Waals surface area contributed by atoms with Gasteiger partial charge in [0.25, 0.3) is 0 Å². The fourth-order valence-corrected chi connectivity index (χ4v) is 1.95. The summed E-state index contributed by atoms with van der Waals surface area (Å²) in [4.78, 5) is 15.0. The third-order valence-corrected chi connectivity index (χ3v) is 2.89. The van der Waals surface area contributed by atoms with Gasteiger partial charge in [0, 0.05) is 24.5 Å². The Hall–Kier alpha value is -2.17. The lowest BCUT2D eigenvalue weighted by Crippen LogP contribution is -2.20. The molecule has 0 fully saturated rings. The maximum absolute atomic E-state index is 5.81. The van der Waals surface area contributed by atoms with Crippen molar-refractivity contribution < 1.29 is 0 Å². The lowest BCUT2D eigenvalue weighted by molar-refractivity contribution is 0.834. The van der Waals surface area contributed by atoms with Crippen molar-refractivity contribution in [2.75, 3.05) is 17.7 Å². The summed E-state index contributed by atoms with van der Waals surface area (Å²) in [5.41, 5.74) is 9.93. The number of aromatic nitrogens is 3. The Morgan fingerprint density at radius 1 is 1.16 bits per heavy atom. The smallest absolute Gasteiger partial charge is 0.227 e. The van der Waals surface area contributed by atoms with Crippen molar-refractivity contribution in [1.82, 2.24) is 15.0 Å². The molecule has 2 heterocycles. The van der Waals surface area contributed by atoms with Crippen molar-refractivity contribution in [1.29, 1.82) is 0 Å². The quantitative estimate of drug-likeness (QED) is 0.911. The van der Waals surface area contributed by atoms with E-state index in [1.54, 1.807) is 6.20 Å². The zero-order chi connectivity index (χ0) is 14.0. The molecule has 0 saturated heterocycles. The number of anilines is 2. The minimum Gasteiger partial charge on any atom is -0.383 e. The van der Waals surface area contributed by atoms with Crippen LogP contribution < -0.4 is 10.6 Å². The molecule has 2 rings (SSSR count). The molecule has 0 aliphatic rings. The minimum absolute atomic E-state index is 0.519. The molecule has 5 nitrogen and oxygen atoms in total. The first-order valence-corrected chi connectivity index (χ1v) is 6.20. The van der Waals surface area contributed by atoms with Crippen molar-refractivity contribution in [2.45, 2.75) is 27.3 Å². The molecule has 0 aliphatic heterocycles. The van der Waals surface area contributed by atoms with Gasteiger partial charge in [-0.05, 0) is 38.5 Å². The van der Waals surface area contributed by atoms with E-state index in [0.29, 0.717) is 18.3 Å². The van der Waals surface area contributed by atoms with Gasteiger partial charge >= 0.3 is 0 Å². The molecule has 0 radical (unpaired) electrons. The molecular weight excluding hydrogens is 238 g/mol. The molecule has 0 bridgehead atoms. The SMILES string of the molecule is Cc1cc(C)nc(CN(C)c2ncc(C)c(N)n2)c1. The van der Waals surface area contributed by atoms with E-state index in [1.807, 2.05) is 25.8 Å². The second kappa shape index (κ2) is 5.22. The predicted molar refractivity (Wildman–Crippen MR) is 77.0 cm³/mol. The van der Waals surface area contributed by atoms with Crippen LogP contribution in [0.4, 0.5) is 11.8 Å². The van der Waals surface area contributed by atoms with Crippen LogP contribution in [0.15, 0.2) is 18.3 Å². The van der Waals surface area contributed by atoms with Crippen molar-refractivity contribution in [2.24, 2.45) is 0 Å². The fourth-order valence-electron chi connectivity index (χ4n) is 1.95. The third kappa shape index (κ3) is 3.19. The van der Waals surface area contributed by atoms with Crippen LogP contribution in [0, 0.1) is 20.8 Å². The van der Waals surface area contributed by atoms with Crippen LogP contribution >= 0.6 is 0 Å². The van der Waals surface area contributed by atoms with E-state index in [2.05, 4.69) is 34.0 Å². The number of hydrogen-bond donors (Lipinski definition) is 1. The molecule has 2 N–H and O–H groups in total. The van der Waals surface area contributed by atoms with Crippen molar-refractivity contribution in [3.05, 3.63) is 40.8 Å². The normalized spacial score (nSPS) is 10.5. The van der Waals surface area contributed by atoms with E-state index in [0.717, 1.165) is 17.0 Å². The molecular formula is C14H19N5. The molecule has 0 aromatic carbocycles. The second-order valence-corrected chi connectivity index (χ2v) is 4.87. The summed E-state index contributed by atoms with van der Waals surface area (Å²) in [6.45, 7) is 6.62. The summed E-state index contributed by atoms with van der Waals surface area (Å²) in [6, 6.07) is 4.13. The Morgan fingerprint density at radius 2 is 1.89 bits per heavy atom. The van der Waals surface area contributed by atoms with E-state index in [9.17, 15) is 0 Å². The van der Waals surface area contributed by atoms with Gasteiger partial charge < -0.3 is 10.6 Å². The van der Waals surface area contributed by atoms with Gasteiger partial charge in [0.2, 0.25) is 5.95 Å². The number of nitrogens with zero attached hydrogens (tertiary/aromatic N) is 4. The zero-order valence-electron chi connectivity index (χ0n) is 11.8. The average Bonchev–Trinajstić information content (AvgIpc) is 2.31. The Balaban J connectivity index is 2.20. The number of aryl methyl sites for hydroxylation is 3. The number of pyridine rings is 1. The predicted octanol–water partition coefficient (Wildman–Crippen LogP) is 2.02. The first kappa shape index (κ1) is 13.3. The molecule has 19 heavy (non-hydrogen) atoms. The van der Waals surface area contributed by atoms with Crippen LogP contribution in [-0.2, 0) is 6.54 Å². The molecule has 0 spiro atoms. The Bertz CT molecular complexity index is 574. The molecule has 0 aliphatic carbocycles. The number of nitrogens with two attached hydrogens (primary N) is 1. The molecule has 0 amide bonds. The first-order valence-electron chi connectivity index (χ1n) is 6.20. The number of nitrogen functional groups attached to an aromatic ring is 1. The van der Waals surface area contributed by atoms with E-state index in [-0.39, 0.29) is 0 Å². The van der Waals surface area contributed by atoms with Gasteiger partial charge in [0.1, 0.15) is 5.82 Å². The summed E-state index contributed by atoms with van der Waals surface area (Å²) in [5, 5.41) is 0. The van der Waals surface area contributed by atoms with E-state index < -0.39 is 0 Å². The van der Waals surface area contributed by atoms with Gasteiger partial charge in [-0.15, -0.1) is 0 Å². The van der Waals surface area contributed by atoms with Crippen LogP contribution in [0.3, 0.4) is 0 Å². The van der Waals surface area contributed by atoms with Crippen molar-refractivity contribution >= 4 is 11.8 Å². The summed E-state index contributed by atoms with van der Waals surface area (Å²) in [5.74, 6) is 1.13. The molecule has 0 unspecified atom stereocenters. The Labute approximate surface area is 113 Å². The lowest BCUT2D eigenvalue weighted by Gasteiger charge is -2.17. The van der Waals surface area contributed by atoms with Gasteiger partial charge in [-0.3, -0.25) is 4.98 Å². The van der Waals surface area contributed by atoms with Gasteiger partial charge in [0.15, 0.2) is 0 Å². The second-order valence-electron chi connectivity index (χ2n) is 4.87.